The van der Waals surface area contributed by atoms with E-state index in [4.69, 9.17) is 0 Å². The van der Waals surface area contributed by atoms with Crippen LogP contribution in [0.1, 0.15) is 0 Å². The summed E-state index contributed by atoms with van der Waals surface area (Å²) in [5.41, 5.74) is 0.152. The van der Waals surface area contributed by atoms with Crippen LogP contribution in [0.2, 0.25) is 0 Å². The number of hydrogen-bond acceptors (Lipinski definition) is 6. The van der Waals surface area contributed by atoms with Gasteiger partial charge in [-0.1, -0.05) is 0 Å². The highest BCUT2D eigenvalue weighted by Gasteiger charge is 2.53. The zero-order chi connectivity index (χ0) is 15.2. The lowest BCUT2D eigenvalue weighted by atomic mass is 10.2. The van der Waals surface area contributed by atoms with Crippen molar-refractivity contribution in [3.8, 4) is 0 Å². The molecule has 0 spiro atoms. The number of sulfonamides is 1. The Morgan fingerprint density at radius 1 is 1.33 bits per heavy atom. The van der Waals surface area contributed by atoms with Gasteiger partial charge in [-0.05, 0) is 31.0 Å². The molecule has 0 amide bonds. The van der Waals surface area contributed by atoms with Crippen LogP contribution in [-0.4, -0.2) is 39.5 Å². The maximum absolute atomic E-state index is 11.7. The van der Waals surface area contributed by atoms with Gasteiger partial charge in [0.05, 0.1) is 9.82 Å². The molecule has 1 saturated carbocycles. The van der Waals surface area contributed by atoms with E-state index in [0.717, 1.165) is 19.2 Å². The van der Waals surface area contributed by atoms with Gasteiger partial charge in [-0.3, -0.25) is 10.1 Å². The molecule has 21 heavy (non-hydrogen) atoms. The quantitative estimate of drug-likeness (QED) is 0.526. The van der Waals surface area contributed by atoms with Gasteiger partial charge in [0, 0.05) is 25.2 Å². The van der Waals surface area contributed by atoms with Crippen LogP contribution in [0.5, 0.6) is 0 Å². The topological polar surface area (TPSA) is 113 Å². The molecule has 2 atom stereocenters. The van der Waals surface area contributed by atoms with Crippen LogP contribution in [0.4, 0.5) is 11.4 Å². The lowest BCUT2D eigenvalue weighted by molar-refractivity contribution is -0.384. The molecule has 1 heterocycles. The standard InChI is InChI=1S/C12H16N4O4S/c1-13-21(19,20)7-2-3-10(11(4-7)16(17)18)15-12-8-5-14-6-9(8)12/h2-4,8-9,12-15H,5-6H2,1H3. The fourth-order valence-electron chi connectivity index (χ4n) is 2.88. The second-order valence-corrected chi connectivity index (χ2v) is 7.19. The molecule has 2 fully saturated rings. The van der Waals surface area contributed by atoms with Gasteiger partial charge in [0.25, 0.3) is 5.69 Å². The minimum Gasteiger partial charge on any atom is -0.376 e. The normalized spacial score (nSPS) is 27.2. The number of fused-ring (bicyclic) bond motifs is 1. The van der Waals surface area contributed by atoms with Crippen molar-refractivity contribution in [3.05, 3.63) is 28.3 Å². The molecular weight excluding hydrogens is 296 g/mol. The third-order valence-corrected chi connectivity index (χ3v) is 5.57. The largest absolute Gasteiger partial charge is 0.376 e. The van der Waals surface area contributed by atoms with E-state index >= 15 is 0 Å². The smallest absolute Gasteiger partial charge is 0.293 e. The Labute approximate surface area is 122 Å². The number of nitro groups is 1. The molecule has 114 valence electrons. The predicted molar refractivity (Wildman–Crippen MR) is 76.6 cm³/mol. The Kier molecular flexibility index (Phi) is 3.34. The minimum absolute atomic E-state index is 0.111. The summed E-state index contributed by atoms with van der Waals surface area (Å²) in [6, 6.07) is 4.16. The number of anilines is 1. The Bertz CT molecular complexity index is 680. The van der Waals surface area contributed by atoms with Crippen LogP contribution in [0.15, 0.2) is 23.1 Å². The lowest BCUT2D eigenvalue weighted by Crippen LogP contribution is -2.22. The van der Waals surface area contributed by atoms with Crippen LogP contribution in [0, 0.1) is 22.0 Å². The summed E-state index contributed by atoms with van der Waals surface area (Å²) in [5, 5.41) is 17.6. The van der Waals surface area contributed by atoms with E-state index in [2.05, 4.69) is 15.4 Å². The molecule has 1 aromatic rings. The van der Waals surface area contributed by atoms with Gasteiger partial charge in [-0.2, -0.15) is 0 Å². The minimum atomic E-state index is -3.69. The first-order valence-corrected chi connectivity index (χ1v) is 8.11. The monoisotopic (exact) mass is 312 g/mol. The molecule has 3 N–H and O–H groups in total. The maximum Gasteiger partial charge on any atom is 0.293 e. The molecule has 1 aromatic carbocycles. The summed E-state index contributed by atoms with van der Waals surface area (Å²) >= 11 is 0. The van der Waals surface area contributed by atoms with Crippen molar-refractivity contribution in [1.29, 1.82) is 0 Å². The highest BCUT2D eigenvalue weighted by atomic mass is 32.2. The van der Waals surface area contributed by atoms with Gasteiger partial charge < -0.3 is 10.6 Å². The second-order valence-electron chi connectivity index (χ2n) is 5.30. The number of rotatable bonds is 5. The average molecular weight is 312 g/mol. The van der Waals surface area contributed by atoms with E-state index in [1.807, 2.05) is 0 Å². The predicted octanol–water partition coefficient (Wildman–Crippen LogP) is 0.133. The summed E-state index contributed by atoms with van der Waals surface area (Å²) in [5.74, 6) is 1.01. The third-order valence-electron chi connectivity index (χ3n) is 4.16. The summed E-state index contributed by atoms with van der Waals surface area (Å²) in [6.07, 6.45) is 0. The molecule has 1 aliphatic heterocycles. The van der Waals surface area contributed by atoms with Crippen LogP contribution in [0.3, 0.4) is 0 Å². The molecule has 0 radical (unpaired) electrons. The third kappa shape index (κ3) is 2.47. The zero-order valence-corrected chi connectivity index (χ0v) is 12.2. The molecule has 3 rings (SSSR count). The number of nitrogens with zero attached hydrogens (tertiary/aromatic N) is 1. The van der Waals surface area contributed by atoms with Crippen LogP contribution < -0.4 is 15.4 Å². The fourth-order valence-corrected chi connectivity index (χ4v) is 3.63. The molecule has 0 bridgehead atoms. The summed E-state index contributed by atoms with van der Waals surface area (Å²) in [4.78, 5) is 10.5. The fraction of sp³-hybridized carbons (Fsp3) is 0.500. The van der Waals surface area contributed by atoms with Gasteiger partial charge in [0.1, 0.15) is 5.69 Å². The lowest BCUT2D eigenvalue weighted by Gasteiger charge is -2.10. The van der Waals surface area contributed by atoms with Gasteiger partial charge in [-0.15, -0.1) is 0 Å². The molecule has 1 aliphatic carbocycles. The SMILES string of the molecule is CNS(=O)(=O)c1ccc(NC2C3CNCC32)c([N+](=O)[O-])c1. The maximum atomic E-state index is 11.7. The van der Waals surface area contributed by atoms with Crippen molar-refractivity contribution in [3.63, 3.8) is 0 Å². The highest BCUT2D eigenvalue weighted by Crippen LogP contribution is 2.45. The summed E-state index contributed by atoms with van der Waals surface area (Å²) < 4.78 is 25.6. The molecule has 2 aliphatic rings. The van der Waals surface area contributed by atoms with Gasteiger partial charge >= 0.3 is 0 Å². The van der Waals surface area contributed by atoms with Crippen LogP contribution in [0.25, 0.3) is 0 Å². The Morgan fingerprint density at radius 2 is 2.00 bits per heavy atom. The number of nitro benzene ring substituents is 1. The van der Waals surface area contributed by atoms with E-state index in [0.29, 0.717) is 17.5 Å². The first kappa shape index (κ1) is 14.2. The Morgan fingerprint density at radius 3 is 2.57 bits per heavy atom. The number of benzene rings is 1. The first-order valence-electron chi connectivity index (χ1n) is 6.63. The second kappa shape index (κ2) is 4.93. The zero-order valence-electron chi connectivity index (χ0n) is 11.4. The van der Waals surface area contributed by atoms with E-state index in [9.17, 15) is 18.5 Å². The molecular formula is C12H16N4O4S. The highest BCUT2D eigenvalue weighted by molar-refractivity contribution is 7.89. The molecule has 8 nitrogen and oxygen atoms in total. The van der Waals surface area contributed by atoms with Crippen molar-refractivity contribution < 1.29 is 13.3 Å². The number of piperidine rings is 1. The van der Waals surface area contributed by atoms with Crippen LogP contribution >= 0.6 is 0 Å². The van der Waals surface area contributed by atoms with Crippen LogP contribution in [-0.2, 0) is 10.0 Å². The van der Waals surface area contributed by atoms with E-state index in [1.165, 1.54) is 19.2 Å². The van der Waals surface area contributed by atoms with Gasteiger partial charge in [-0.25, -0.2) is 13.1 Å². The van der Waals surface area contributed by atoms with E-state index in [1.54, 1.807) is 0 Å². The molecule has 0 aromatic heterocycles. The van der Waals surface area contributed by atoms with Crippen molar-refractivity contribution in [2.75, 3.05) is 25.5 Å². The Balaban J connectivity index is 1.88. The number of hydrogen-bond donors (Lipinski definition) is 3. The van der Waals surface area contributed by atoms with Crippen molar-refractivity contribution in [2.24, 2.45) is 11.8 Å². The number of nitrogens with one attached hydrogen (secondary N) is 3. The first-order chi connectivity index (χ1) is 9.94. The molecule has 1 saturated heterocycles. The van der Waals surface area contributed by atoms with Gasteiger partial charge in [0.2, 0.25) is 10.0 Å². The van der Waals surface area contributed by atoms with E-state index < -0.39 is 14.9 Å². The summed E-state index contributed by atoms with van der Waals surface area (Å²) in [7, 11) is -2.42. The van der Waals surface area contributed by atoms with E-state index in [-0.39, 0.29) is 16.6 Å². The molecule has 9 heteroatoms. The van der Waals surface area contributed by atoms with Crippen molar-refractivity contribution >= 4 is 21.4 Å². The Hall–Kier alpha value is -1.71. The summed E-state index contributed by atoms with van der Waals surface area (Å²) in [6.45, 7) is 1.84. The molecule has 2 unspecified atom stereocenters. The van der Waals surface area contributed by atoms with Crippen molar-refractivity contribution in [1.82, 2.24) is 10.0 Å². The average Bonchev–Trinajstić information content (AvgIpc) is 2.88. The van der Waals surface area contributed by atoms with Crippen molar-refractivity contribution in [2.45, 2.75) is 10.9 Å². The van der Waals surface area contributed by atoms with Gasteiger partial charge in [0.15, 0.2) is 0 Å².